The first kappa shape index (κ1) is 20.1. The second kappa shape index (κ2) is 9.46. The van der Waals surface area contributed by atoms with Crippen molar-refractivity contribution in [3.8, 4) is 5.75 Å². The van der Waals surface area contributed by atoms with E-state index in [2.05, 4.69) is 35.1 Å². The third-order valence-corrected chi connectivity index (χ3v) is 5.19. The summed E-state index contributed by atoms with van der Waals surface area (Å²) in [5.41, 5.74) is 2.04. The Morgan fingerprint density at radius 3 is 2.64 bits per heavy atom. The van der Waals surface area contributed by atoms with Gasteiger partial charge in [0.25, 0.3) is 5.91 Å². The Morgan fingerprint density at radius 1 is 1.24 bits per heavy atom. The molecule has 0 aliphatic carbocycles. The minimum absolute atomic E-state index is 0.0630. The molecule has 6 heteroatoms. The Kier molecular flexibility index (Phi) is 7.60. The molecule has 0 bridgehead atoms. The number of rotatable bonds is 7. The topological polar surface area (TPSA) is 38.3 Å². The average molecular weight is 445 g/mol. The summed E-state index contributed by atoms with van der Waals surface area (Å²) in [5, 5.41) is 3.87. The van der Waals surface area contributed by atoms with Crippen molar-refractivity contribution >= 4 is 45.0 Å². The number of amides is 1. The van der Waals surface area contributed by atoms with Crippen molar-refractivity contribution in [3.05, 3.63) is 62.0 Å². The van der Waals surface area contributed by atoms with Crippen LogP contribution in [-0.2, 0) is 11.3 Å². The monoisotopic (exact) mass is 443 g/mol. The number of hydrogen-bond acceptors (Lipinski definition) is 2. The molecule has 3 nitrogen and oxygen atoms in total. The summed E-state index contributed by atoms with van der Waals surface area (Å²) in [5.74, 6) is 0.911. The standard InChI is InChI=1S/C19H20BrCl2NO2/c1-3-12(2)13-5-7-18(16(20)8-13)25-11-19(24)23-10-14-4-6-15(21)9-17(14)22/h4-9,12H,3,10-11H2,1-2H3,(H,23,24). The van der Waals surface area contributed by atoms with Crippen LogP contribution in [0.3, 0.4) is 0 Å². The second-order valence-electron chi connectivity index (χ2n) is 5.80. The summed E-state index contributed by atoms with van der Waals surface area (Å²) < 4.78 is 6.44. The number of ether oxygens (including phenoxy) is 1. The van der Waals surface area contributed by atoms with E-state index in [0.717, 1.165) is 16.5 Å². The number of benzene rings is 2. The third-order valence-electron chi connectivity index (χ3n) is 3.99. The predicted octanol–water partition coefficient (Wildman–Crippen LogP) is 5.96. The Bertz CT molecular complexity index is 752. The van der Waals surface area contributed by atoms with Crippen LogP contribution in [-0.4, -0.2) is 12.5 Å². The van der Waals surface area contributed by atoms with Crippen LogP contribution < -0.4 is 10.1 Å². The molecule has 1 amide bonds. The van der Waals surface area contributed by atoms with Crippen LogP contribution in [0.1, 0.15) is 37.3 Å². The van der Waals surface area contributed by atoms with E-state index in [4.69, 9.17) is 27.9 Å². The summed E-state index contributed by atoms with van der Waals surface area (Å²) in [4.78, 5) is 12.0. The highest BCUT2D eigenvalue weighted by molar-refractivity contribution is 9.10. The number of halogens is 3. The molecular formula is C19H20BrCl2NO2. The molecule has 0 heterocycles. The maximum absolute atomic E-state index is 12.0. The second-order valence-corrected chi connectivity index (χ2v) is 7.50. The molecule has 2 aromatic rings. The minimum atomic E-state index is -0.219. The van der Waals surface area contributed by atoms with Gasteiger partial charge in [-0.05, 0) is 63.7 Å². The van der Waals surface area contributed by atoms with Gasteiger partial charge in [-0.15, -0.1) is 0 Å². The van der Waals surface area contributed by atoms with Gasteiger partial charge in [-0.1, -0.05) is 49.2 Å². The lowest BCUT2D eigenvalue weighted by Crippen LogP contribution is -2.28. The van der Waals surface area contributed by atoms with E-state index in [1.807, 2.05) is 18.2 Å². The third kappa shape index (κ3) is 5.91. The van der Waals surface area contributed by atoms with Gasteiger partial charge in [0.2, 0.25) is 0 Å². The molecule has 0 radical (unpaired) electrons. The van der Waals surface area contributed by atoms with Crippen LogP contribution in [0.15, 0.2) is 40.9 Å². The van der Waals surface area contributed by atoms with Gasteiger partial charge in [0.1, 0.15) is 5.75 Å². The fourth-order valence-corrected chi connectivity index (χ4v) is 3.22. The molecule has 0 aliphatic rings. The van der Waals surface area contributed by atoms with E-state index in [0.29, 0.717) is 28.3 Å². The lowest BCUT2D eigenvalue weighted by atomic mass is 9.99. The van der Waals surface area contributed by atoms with Crippen molar-refractivity contribution in [1.29, 1.82) is 0 Å². The van der Waals surface area contributed by atoms with Crippen molar-refractivity contribution in [2.45, 2.75) is 32.7 Å². The molecule has 0 saturated carbocycles. The summed E-state index contributed by atoms with van der Waals surface area (Å²) in [6, 6.07) is 11.1. The lowest BCUT2D eigenvalue weighted by molar-refractivity contribution is -0.123. The smallest absolute Gasteiger partial charge is 0.258 e. The zero-order valence-electron chi connectivity index (χ0n) is 14.1. The summed E-state index contributed by atoms with van der Waals surface area (Å²) >= 11 is 15.4. The number of nitrogens with one attached hydrogen (secondary N) is 1. The Hall–Kier alpha value is -1.23. The van der Waals surface area contributed by atoms with Crippen molar-refractivity contribution in [2.75, 3.05) is 6.61 Å². The van der Waals surface area contributed by atoms with Gasteiger partial charge in [0, 0.05) is 16.6 Å². The normalized spacial score (nSPS) is 11.9. The fourth-order valence-electron chi connectivity index (χ4n) is 2.23. The summed E-state index contributed by atoms with van der Waals surface area (Å²) in [6.07, 6.45) is 1.07. The highest BCUT2D eigenvalue weighted by Crippen LogP contribution is 2.30. The van der Waals surface area contributed by atoms with Gasteiger partial charge in [0.15, 0.2) is 6.61 Å². The maximum Gasteiger partial charge on any atom is 0.258 e. The van der Waals surface area contributed by atoms with Crippen LogP contribution in [0.4, 0.5) is 0 Å². The van der Waals surface area contributed by atoms with Gasteiger partial charge < -0.3 is 10.1 Å². The van der Waals surface area contributed by atoms with Crippen LogP contribution in [0, 0.1) is 0 Å². The number of hydrogen-bond donors (Lipinski definition) is 1. The predicted molar refractivity (Wildman–Crippen MR) is 107 cm³/mol. The minimum Gasteiger partial charge on any atom is -0.483 e. The van der Waals surface area contributed by atoms with Gasteiger partial charge in [0.05, 0.1) is 4.47 Å². The Balaban J connectivity index is 1.87. The molecule has 25 heavy (non-hydrogen) atoms. The quantitative estimate of drug-likeness (QED) is 0.571. The van der Waals surface area contributed by atoms with Gasteiger partial charge in [-0.3, -0.25) is 4.79 Å². The van der Waals surface area contributed by atoms with E-state index < -0.39 is 0 Å². The number of carbonyl (C=O) groups is 1. The average Bonchev–Trinajstić information content (AvgIpc) is 2.59. The number of carbonyl (C=O) groups excluding carboxylic acids is 1. The Labute approximate surface area is 166 Å². The molecule has 0 saturated heterocycles. The summed E-state index contributed by atoms with van der Waals surface area (Å²) in [6.45, 7) is 4.59. The zero-order chi connectivity index (χ0) is 18.4. The first-order valence-electron chi connectivity index (χ1n) is 8.03. The SMILES string of the molecule is CCC(C)c1ccc(OCC(=O)NCc2ccc(Cl)cc2Cl)c(Br)c1. The van der Waals surface area contributed by atoms with E-state index >= 15 is 0 Å². The van der Waals surface area contributed by atoms with Crippen LogP contribution >= 0.6 is 39.1 Å². The highest BCUT2D eigenvalue weighted by Gasteiger charge is 2.10. The van der Waals surface area contributed by atoms with Gasteiger partial charge in [-0.25, -0.2) is 0 Å². The van der Waals surface area contributed by atoms with Gasteiger partial charge >= 0.3 is 0 Å². The van der Waals surface area contributed by atoms with Crippen LogP contribution in [0.25, 0.3) is 0 Å². The molecule has 1 atom stereocenters. The van der Waals surface area contributed by atoms with E-state index in [9.17, 15) is 4.79 Å². The maximum atomic E-state index is 12.0. The molecule has 2 rings (SSSR count). The van der Waals surface area contributed by atoms with Crippen molar-refractivity contribution in [1.82, 2.24) is 5.32 Å². The zero-order valence-corrected chi connectivity index (χ0v) is 17.2. The fraction of sp³-hybridized carbons (Fsp3) is 0.316. The van der Waals surface area contributed by atoms with E-state index in [-0.39, 0.29) is 12.5 Å². The molecule has 0 spiro atoms. The lowest BCUT2D eigenvalue weighted by Gasteiger charge is -2.13. The van der Waals surface area contributed by atoms with Crippen molar-refractivity contribution in [3.63, 3.8) is 0 Å². The van der Waals surface area contributed by atoms with E-state index in [1.165, 1.54) is 5.56 Å². The van der Waals surface area contributed by atoms with Crippen LogP contribution in [0.5, 0.6) is 5.75 Å². The van der Waals surface area contributed by atoms with Crippen LogP contribution in [0.2, 0.25) is 10.0 Å². The first-order chi connectivity index (χ1) is 11.9. The molecule has 0 fully saturated rings. The summed E-state index contributed by atoms with van der Waals surface area (Å²) in [7, 11) is 0. The Morgan fingerprint density at radius 2 is 2.00 bits per heavy atom. The van der Waals surface area contributed by atoms with Crippen molar-refractivity contribution < 1.29 is 9.53 Å². The highest BCUT2D eigenvalue weighted by atomic mass is 79.9. The molecular weight excluding hydrogens is 425 g/mol. The molecule has 0 aromatic heterocycles. The molecule has 1 unspecified atom stereocenters. The van der Waals surface area contributed by atoms with Gasteiger partial charge in [-0.2, -0.15) is 0 Å². The van der Waals surface area contributed by atoms with Crippen molar-refractivity contribution in [2.24, 2.45) is 0 Å². The van der Waals surface area contributed by atoms with E-state index in [1.54, 1.807) is 18.2 Å². The molecule has 134 valence electrons. The molecule has 0 aliphatic heterocycles. The first-order valence-corrected chi connectivity index (χ1v) is 9.58. The molecule has 1 N–H and O–H groups in total. The molecule has 2 aromatic carbocycles. The largest absolute Gasteiger partial charge is 0.483 e.